The zero-order valence-corrected chi connectivity index (χ0v) is 14.1. The number of hydrogen-bond donors (Lipinski definition) is 2. The van der Waals surface area contributed by atoms with Gasteiger partial charge in [0.05, 0.1) is 16.9 Å². The topological polar surface area (TPSA) is 36.4 Å². The van der Waals surface area contributed by atoms with Crippen LogP contribution in [0.3, 0.4) is 0 Å². The summed E-state index contributed by atoms with van der Waals surface area (Å²) >= 11 is 7.01. The molecule has 0 aliphatic heterocycles. The maximum Gasteiger partial charge on any atom is 0.191 e. The monoisotopic (exact) mass is 357 g/mol. The molecular weight excluding hydrogens is 342 g/mol. The van der Waals surface area contributed by atoms with Gasteiger partial charge in [-0.25, -0.2) is 0 Å². The molecule has 0 aliphatic rings. The molecule has 2 rings (SSSR count). The lowest BCUT2D eigenvalue weighted by Gasteiger charge is -2.10. The van der Waals surface area contributed by atoms with Gasteiger partial charge in [0.1, 0.15) is 0 Å². The Morgan fingerprint density at radius 2 is 1.74 bits per heavy atom. The van der Waals surface area contributed by atoms with Crippen molar-refractivity contribution in [3.8, 4) is 0 Å². The average molecular weight is 358 g/mol. The summed E-state index contributed by atoms with van der Waals surface area (Å²) < 4.78 is 1.15. The highest BCUT2D eigenvalue weighted by atomic mass is 79.9. The fourth-order valence-corrected chi connectivity index (χ4v) is 3.84. The van der Waals surface area contributed by atoms with E-state index in [0.717, 1.165) is 22.8 Å². The predicted molar refractivity (Wildman–Crippen MR) is 88.1 cm³/mol. The summed E-state index contributed by atoms with van der Waals surface area (Å²) in [7, 11) is 1.79. The van der Waals surface area contributed by atoms with Crippen molar-refractivity contribution in [1.82, 2.24) is 10.6 Å². The second kappa shape index (κ2) is 7.07. The summed E-state index contributed by atoms with van der Waals surface area (Å²) in [4.78, 5) is 8.16. The predicted octanol–water partition coefficient (Wildman–Crippen LogP) is 3.75. The number of nitrogens with one attached hydrogen (secondary N) is 2. The van der Waals surface area contributed by atoms with Crippen LogP contribution in [0, 0.1) is 6.92 Å². The van der Waals surface area contributed by atoms with E-state index in [1.165, 1.54) is 14.6 Å². The molecule has 6 heteroatoms. The third-order valence-electron chi connectivity index (χ3n) is 2.51. The van der Waals surface area contributed by atoms with Crippen molar-refractivity contribution in [2.45, 2.75) is 20.0 Å². The zero-order valence-electron chi connectivity index (χ0n) is 10.9. The molecule has 2 aromatic rings. The maximum absolute atomic E-state index is 4.22. The van der Waals surface area contributed by atoms with Crippen molar-refractivity contribution < 1.29 is 0 Å². The first kappa shape index (κ1) is 14.6. The first-order chi connectivity index (χ1) is 9.17. The molecule has 0 saturated carbocycles. The summed E-state index contributed by atoms with van der Waals surface area (Å²) in [5.74, 6) is 0.829. The molecule has 0 aliphatic carbocycles. The summed E-state index contributed by atoms with van der Waals surface area (Å²) in [6.07, 6.45) is 0. The number of hydrogen-bond acceptors (Lipinski definition) is 3. The van der Waals surface area contributed by atoms with Crippen LogP contribution in [0.15, 0.2) is 33.0 Å². The van der Waals surface area contributed by atoms with E-state index in [-0.39, 0.29) is 0 Å². The fourth-order valence-electron chi connectivity index (χ4n) is 1.59. The molecule has 0 atom stereocenters. The molecule has 2 aromatic heterocycles. The van der Waals surface area contributed by atoms with Crippen LogP contribution in [0.25, 0.3) is 0 Å². The first-order valence-corrected chi connectivity index (χ1v) is 8.34. The van der Waals surface area contributed by atoms with Gasteiger partial charge in [0.15, 0.2) is 5.96 Å². The maximum atomic E-state index is 4.22. The highest BCUT2D eigenvalue weighted by molar-refractivity contribution is 9.11. The van der Waals surface area contributed by atoms with E-state index >= 15 is 0 Å². The van der Waals surface area contributed by atoms with E-state index in [1.807, 2.05) is 11.3 Å². The lowest BCUT2D eigenvalue weighted by Crippen LogP contribution is -2.35. The Hall–Kier alpha value is -0.850. The summed E-state index contributed by atoms with van der Waals surface area (Å²) in [6, 6.07) is 8.46. The number of aliphatic imine (C=N–C) groups is 1. The Bertz CT molecular complexity index is 513. The minimum Gasteiger partial charge on any atom is -0.352 e. The van der Waals surface area contributed by atoms with Gasteiger partial charge in [-0.15, -0.1) is 22.7 Å². The van der Waals surface area contributed by atoms with Gasteiger partial charge in [-0.2, -0.15) is 0 Å². The Morgan fingerprint density at radius 1 is 1.11 bits per heavy atom. The van der Waals surface area contributed by atoms with Gasteiger partial charge in [-0.1, -0.05) is 0 Å². The van der Waals surface area contributed by atoms with Gasteiger partial charge in [0, 0.05) is 21.7 Å². The number of thiophene rings is 2. The van der Waals surface area contributed by atoms with Crippen molar-refractivity contribution in [1.29, 1.82) is 0 Å². The van der Waals surface area contributed by atoms with E-state index in [1.54, 1.807) is 18.4 Å². The van der Waals surface area contributed by atoms with Crippen LogP contribution in [-0.2, 0) is 13.1 Å². The number of aryl methyl sites for hydroxylation is 1. The molecule has 0 aromatic carbocycles. The molecule has 0 spiro atoms. The van der Waals surface area contributed by atoms with Crippen LogP contribution in [0.5, 0.6) is 0 Å². The molecule has 0 fully saturated rings. The zero-order chi connectivity index (χ0) is 13.7. The van der Waals surface area contributed by atoms with Crippen LogP contribution in [0.4, 0.5) is 0 Å². The minimum absolute atomic E-state index is 0.791. The first-order valence-electron chi connectivity index (χ1n) is 5.91. The van der Waals surface area contributed by atoms with Gasteiger partial charge in [0.2, 0.25) is 0 Å². The van der Waals surface area contributed by atoms with Crippen molar-refractivity contribution in [2.75, 3.05) is 7.05 Å². The lowest BCUT2D eigenvalue weighted by atomic mass is 10.4. The van der Waals surface area contributed by atoms with E-state index in [2.05, 4.69) is 62.7 Å². The van der Waals surface area contributed by atoms with E-state index in [9.17, 15) is 0 Å². The molecule has 2 heterocycles. The quantitative estimate of drug-likeness (QED) is 0.645. The minimum atomic E-state index is 0.791. The fraction of sp³-hybridized carbons (Fsp3) is 0.308. The van der Waals surface area contributed by atoms with Crippen molar-refractivity contribution >= 4 is 44.6 Å². The largest absolute Gasteiger partial charge is 0.352 e. The van der Waals surface area contributed by atoms with Gasteiger partial charge in [-0.05, 0) is 47.1 Å². The molecule has 19 heavy (non-hydrogen) atoms. The summed E-state index contributed by atoms with van der Waals surface area (Å²) in [6.45, 7) is 3.72. The van der Waals surface area contributed by atoms with E-state index in [4.69, 9.17) is 0 Å². The molecular formula is C13H16BrN3S2. The second-order valence-electron chi connectivity index (χ2n) is 4.00. The standard InChI is InChI=1S/C13H16BrN3S2/c1-9-3-4-10(18-9)7-16-13(15-2)17-8-11-5-6-12(14)19-11/h3-6H,7-8H2,1-2H3,(H2,15,16,17). The molecule has 2 N–H and O–H groups in total. The number of rotatable bonds is 4. The molecule has 0 bridgehead atoms. The van der Waals surface area contributed by atoms with Crippen LogP contribution in [0.1, 0.15) is 14.6 Å². The molecule has 0 unspecified atom stereocenters. The van der Waals surface area contributed by atoms with Crippen molar-refractivity contribution in [3.05, 3.63) is 42.7 Å². The van der Waals surface area contributed by atoms with Crippen LogP contribution in [0.2, 0.25) is 0 Å². The molecule has 0 radical (unpaired) electrons. The highest BCUT2D eigenvalue weighted by Crippen LogP contribution is 2.21. The van der Waals surface area contributed by atoms with E-state index < -0.39 is 0 Å². The third kappa shape index (κ3) is 4.63. The Kier molecular flexibility index (Phi) is 5.42. The highest BCUT2D eigenvalue weighted by Gasteiger charge is 2.02. The van der Waals surface area contributed by atoms with Gasteiger partial charge < -0.3 is 10.6 Å². The summed E-state index contributed by atoms with van der Waals surface area (Å²) in [5, 5.41) is 6.63. The van der Waals surface area contributed by atoms with Gasteiger partial charge >= 0.3 is 0 Å². The molecule has 0 amide bonds. The Labute approximate surface area is 129 Å². The lowest BCUT2D eigenvalue weighted by molar-refractivity contribution is 0.822. The Balaban J connectivity index is 1.80. The number of halogens is 1. The Morgan fingerprint density at radius 3 is 2.21 bits per heavy atom. The normalized spacial score (nSPS) is 11.6. The van der Waals surface area contributed by atoms with Crippen LogP contribution in [-0.4, -0.2) is 13.0 Å². The molecule has 102 valence electrons. The third-order valence-corrected chi connectivity index (χ3v) is 5.13. The second-order valence-corrected chi connectivity index (χ2v) is 7.92. The molecule has 3 nitrogen and oxygen atoms in total. The van der Waals surface area contributed by atoms with Gasteiger partial charge in [-0.3, -0.25) is 4.99 Å². The van der Waals surface area contributed by atoms with Crippen LogP contribution < -0.4 is 10.6 Å². The van der Waals surface area contributed by atoms with Crippen molar-refractivity contribution in [2.24, 2.45) is 4.99 Å². The SMILES string of the molecule is CN=C(NCc1ccc(C)s1)NCc1ccc(Br)s1. The van der Waals surface area contributed by atoms with E-state index in [0.29, 0.717) is 0 Å². The number of guanidine groups is 1. The van der Waals surface area contributed by atoms with Gasteiger partial charge in [0.25, 0.3) is 0 Å². The summed E-state index contributed by atoms with van der Waals surface area (Å²) in [5.41, 5.74) is 0. The van der Waals surface area contributed by atoms with Crippen LogP contribution >= 0.6 is 38.6 Å². The molecule has 0 saturated heterocycles. The smallest absolute Gasteiger partial charge is 0.191 e. The number of nitrogens with zero attached hydrogens (tertiary/aromatic N) is 1. The van der Waals surface area contributed by atoms with Crippen molar-refractivity contribution in [3.63, 3.8) is 0 Å². The average Bonchev–Trinajstić information content (AvgIpc) is 2.99.